The molecular weight excluding hydrogens is 536 g/mol. The minimum absolute atomic E-state index is 0.920. The van der Waals surface area contributed by atoms with Crippen LogP contribution in [0.4, 0.5) is 0 Å². The summed E-state index contributed by atoms with van der Waals surface area (Å²) < 4.78 is 7.14. The Morgan fingerprint density at radius 3 is 1.80 bits per heavy atom. The Hall–Kier alpha value is -5.87. The Bertz CT molecular complexity index is 2480. The minimum atomic E-state index is 0.920. The summed E-state index contributed by atoms with van der Waals surface area (Å²) in [6, 6.07) is 53.8. The smallest absolute Gasteiger partial charge is 0.165 e. The second-order valence-corrected chi connectivity index (χ2v) is 11.3. The van der Waals surface area contributed by atoms with E-state index in [4.69, 9.17) is 4.98 Å². The molecule has 0 radical (unpaired) electrons. The summed E-state index contributed by atoms with van der Waals surface area (Å²) in [5.41, 5.74) is 11.2. The van der Waals surface area contributed by atoms with E-state index in [1.807, 2.05) is 0 Å². The first kappa shape index (κ1) is 24.7. The zero-order valence-electron chi connectivity index (χ0n) is 24.2. The second kappa shape index (κ2) is 9.58. The zero-order chi connectivity index (χ0) is 29.2. The largest absolute Gasteiger partial charge is 0.308 e. The van der Waals surface area contributed by atoms with Gasteiger partial charge in [-0.05, 0) is 55.0 Å². The number of benzene rings is 6. The van der Waals surface area contributed by atoms with Crippen LogP contribution in [0, 0.1) is 6.92 Å². The Balaban J connectivity index is 1.58. The van der Waals surface area contributed by atoms with Gasteiger partial charge < -0.3 is 4.57 Å². The van der Waals surface area contributed by atoms with Crippen LogP contribution in [-0.2, 0) is 0 Å². The number of aromatic nitrogens is 4. The monoisotopic (exact) mass is 564 g/mol. The van der Waals surface area contributed by atoms with E-state index in [1.165, 1.54) is 38.4 Å². The molecule has 3 heterocycles. The number of hydrogen-bond acceptors (Lipinski definition) is 1. The third kappa shape index (κ3) is 3.48. The van der Waals surface area contributed by atoms with Crippen LogP contribution in [0.25, 0.3) is 72.3 Å². The van der Waals surface area contributed by atoms with E-state index >= 15 is 0 Å². The molecule has 44 heavy (non-hydrogen) atoms. The summed E-state index contributed by atoms with van der Waals surface area (Å²) in [6.45, 7) is 2.20. The molecule has 3 aromatic heterocycles. The molecule has 0 atom stereocenters. The average Bonchev–Trinajstić information content (AvgIpc) is 3.73. The predicted octanol–water partition coefficient (Wildman–Crippen LogP) is 10.0. The van der Waals surface area contributed by atoms with Gasteiger partial charge in [0.2, 0.25) is 0 Å². The maximum absolute atomic E-state index is 5.47. The maximum atomic E-state index is 5.47. The lowest BCUT2D eigenvalue weighted by molar-refractivity contribution is 1.09. The van der Waals surface area contributed by atoms with Crippen molar-refractivity contribution in [2.75, 3.05) is 0 Å². The Morgan fingerprint density at radius 1 is 0.455 bits per heavy atom. The highest BCUT2D eigenvalue weighted by atomic mass is 15.2. The van der Waals surface area contributed by atoms with Crippen LogP contribution >= 0.6 is 0 Å². The summed E-state index contributed by atoms with van der Waals surface area (Å²) >= 11 is 0. The van der Waals surface area contributed by atoms with Crippen LogP contribution in [-0.4, -0.2) is 18.7 Å². The fraction of sp³-hybridized carbons (Fsp3) is 0.0250. The van der Waals surface area contributed by atoms with Crippen molar-refractivity contribution >= 4 is 43.9 Å². The molecule has 9 rings (SSSR count). The number of hydrogen-bond donors (Lipinski definition) is 0. The van der Waals surface area contributed by atoms with Gasteiger partial charge in [-0.3, -0.25) is 9.13 Å². The molecule has 0 unspecified atom stereocenters. The molecule has 0 aliphatic carbocycles. The number of nitrogens with zero attached hydrogens (tertiary/aromatic N) is 4. The molecule has 0 fully saturated rings. The molecule has 4 heteroatoms. The first-order valence-electron chi connectivity index (χ1n) is 15.0. The van der Waals surface area contributed by atoms with Crippen LogP contribution in [0.1, 0.15) is 5.56 Å². The fourth-order valence-corrected chi connectivity index (χ4v) is 6.88. The van der Waals surface area contributed by atoms with Gasteiger partial charge in [0, 0.05) is 33.4 Å². The van der Waals surface area contributed by atoms with Gasteiger partial charge in [-0.1, -0.05) is 109 Å². The Labute approximate surface area is 254 Å². The first-order valence-corrected chi connectivity index (χ1v) is 15.0. The van der Waals surface area contributed by atoms with Crippen molar-refractivity contribution < 1.29 is 0 Å². The highest BCUT2D eigenvalue weighted by Crippen LogP contribution is 2.44. The Morgan fingerprint density at radius 2 is 1.07 bits per heavy atom. The quantitative estimate of drug-likeness (QED) is 0.209. The molecule has 0 saturated carbocycles. The molecule has 0 N–H and O–H groups in total. The van der Waals surface area contributed by atoms with Crippen molar-refractivity contribution in [2.45, 2.75) is 6.92 Å². The van der Waals surface area contributed by atoms with Gasteiger partial charge in [0.1, 0.15) is 11.3 Å². The van der Waals surface area contributed by atoms with Crippen molar-refractivity contribution in [3.05, 3.63) is 157 Å². The highest BCUT2D eigenvalue weighted by molar-refractivity contribution is 6.25. The van der Waals surface area contributed by atoms with E-state index in [-0.39, 0.29) is 0 Å². The number of aryl methyl sites for hydroxylation is 1. The van der Waals surface area contributed by atoms with E-state index in [9.17, 15) is 0 Å². The average molecular weight is 565 g/mol. The number of fused-ring (bicyclic) bond motifs is 7. The van der Waals surface area contributed by atoms with Crippen LogP contribution in [0.2, 0.25) is 0 Å². The molecular formula is C40H28N4. The molecule has 208 valence electrons. The molecule has 0 saturated heterocycles. The van der Waals surface area contributed by atoms with Crippen LogP contribution in [0.5, 0.6) is 0 Å². The summed E-state index contributed by atoms with van der Waals surface area (Å²) in [5, 5.41) is 3.65. The van der Waals surface area contributed by atoms with E-state index in [1.54, 1.807) is 0 Å². The summed E-state index contributed by atoms with van der Waals surface area (Å²) in [5.74, 6) is 0.920. The van der Waals surface area contributed by atoms with E-state index < -0.39 is 0 Å². The molecule has 4 nitrogen and oxygen atoms in total. The standard InChI is InChI=1S/C40H28N4/c1-27-15-11-13-23-33(27)44-34-24-14-12-22-31(34)32-25-26-35-36(37(32)44)38-40(42(35)29-18-7-3-8-19-29)41-39(28-16-5-2-6-17-28)43(38)30-20-9-4-10-21-30/h2-26H,1H3. The molecule has 0 spiro atoms. The van der Waals surface area contributed by atoms with Gasteiger partial charge in [-0.15, -0.1) is 0 Å². The zero-order valence-corrected chi connectivity index (χ0v) is 24.2. The number of rotatable bonds is 4. The molecule has 0 amide bonds. The summed E-state index contributed by atoms with van der Waals surface area (Å²) in [4.78, 5) is 5.47. The lowest BCUT2D eigenvalue weighted by atomic mass is 10.1. The molecule has 6 aromatic carbocycles. The molecule has 0 bridgehead atoms. The van der Waals surface area contributed by atoms with Gasteiger partial charge in [-0.25, -0.2) is 4.98 Å². The van der Waals surface area contributed by atoms with Crippen LogP contribution in [0.15, 0.2) is 152 Å². The lowest BCUT2D eigenvalue weighted by Crippen LogP contribution is -2.00. The third-order valence-electron chi connectivity index (χ3n) is 8.78. The predicted molar refractivity (Wildman–Crippen MR) is 182 cm³/mol. The van der Waals surface area contributed by atoms with Gasteiger partial charge in [-0.2, -0.15) is 0 Å². The van der Waals surface area contributed by atoms with Crippen molar-refractivity contribution in [3.8, 4) is 28.5 Å². The van der Waals surface area contributed by atoms with Crippen molar-refractivity contribution in [1.29, 1.82) is 0 Å². The van der Waals surface area contributed by atoms with Crippen molar-refractivity contribution in [3.63, 3.8) is 0 Å². The number of imidazole rings is 1. The molecule has 0 aliphatic heterocycles. The Kier molecular flexibility index (Phi) is 5.38. The minimum Gasteiger partial charge on any atom is -0.308 e. The van der Waals surface area contributed by atoms with Gasteiger partial charge >= 0.3 is 0 Å². The maximum Gasteiger partial charge on any atom is 0.165 e. The lowest BCUT2D eigenvalue weighted by Gasteiger charge is -2.13. The van der Waals surface area contributed by atoms with E-state index in [0.717, 1.165) is 39.4 Å². The SMILES string of the molecule is Cc1ccccc1-n1c2ccccc2c2ccc3c(c4c(nc(-c5ccccc5)n4-c4ccccc4)n3-c3ccccc3)c21. The summed E-state index contributed by atoms with van der Waals surface area (Å²) in [6.07, 6.45) is 0. The summed E-state index contributed by atoms with van der Waals surface area (Å²) in [7, 11) is 0. The topological polar surface area (TPSA) is 27.7 Å². The third-order valence-corrected chi connectivity index (χ3v) is 8.78. The van der Waals surface area contributed by atoms with Crippen LogP contribution in [0.3, 0.4) is 0 Å². The van der Waals surface area contributed by atoms with Gasteiger partial charge in [0.05, 0.1) is 21.9 Å². The van der Waals surface area contributed by atoms with Gasteiger partial charge in [0.25, 0.3) is 0 Å². The van der Waals surface area contributed by atoms with Crippen molar-refractivity contribution in [1.82, 2.24) is 18.7 Å². The normalized spacial score (nSPS) is 11.8. The van der Waals surface area contributed by atoms with Crippen LogP contribution < -0.4 is 0 Å². The first-order chi connectivity index (χ1) is 21.8. The molecule has 9 aromatic rings. The van der Waals surface area contributed by atoms with E-state index in [2.05, 4.69) is 172 Å². The van der Waals surface area contributed by atoms with Crippen molar-refractivity contribution in [2.24, 2.45) is 0 Å². The second-order valence-electron chi connectivity index (χ2n) is 11.3. The molecule has 0 aliphatic rings. The number of para-hydroxylation sites is 4. The van der Waals surface area contributed by atoms with Gasteiger partial charge in [0.15, 0.2) is 5.65 Å². The van der Waals surface area contributed by atoms with E-state index in [0.29, 0.717) is 0 Å². The fourth-order valence-electron chi connectivity index (χ4n) is 6.88. The highest BCUT2D eigenvalue weighted by Gasteiger charge is 2.27.